The summed E-state index contributed by atoms with van der Waals surface area (Å²) in [7, 11) is 3.66. The molecular formula is C18H22FNO. The van der Waals surface area contributed by atoms with Crippen LogP contribution in [-0.2, 0) is 12.8 Å². The Morgan fingerprint density at radius 2 is 1.76 bits per heavy atom. The van der Waals surface area contributed by atoms with E-state index in [4.69, 9.17) is 4.74 Å². The molecule has 0 spiro atoms. The Bertz CT molecular complexity index is 553. The molecule has 0 bridgehead atoms. The lowest BCUT2D eigenvalue weighted by molar-refractivity contribution is 0.402. The second-order valence-corrected chi connectivity index (χ2v) is 5.27. The lowest BCUT2D eigenvalue weighted by Crippen LogP contribution is -2.23. The largest absolute Gasteiger partial charge is 0.496 e. The van der Waals surface area contributed by atoms with E-state index in [0.29, 0.717) is 5.92 Å². The number of benzene rings is 2. The summed E-state index contributed by atoms with van der Waals surface area (Å²) in [6.07, 6.45) is 1.85. The highest BCUT2D eigenvalue weighted by molar-refractivity contribution is 5.33. The number of methoxy groups -OCH3 is 1. The summed E-state index contributed by atoms with van der Waals surface area (Å²) >= 11 is 0. The van der Waals surface area contributed by atoms with E-state index in [-0.39, 0.29) is 5.82 Å². The molecule has 1 unspecified atom stereocenters. The topological polar surface area (TPSA) is 21.3 Å². The van der Waals surface area contributed by atoms with Gasteiger partial charge in [0.25, 0.3) is 0 Å². The van der Waals surface area contributed by atoms with Gasteiger partial charge >= 0.3 is 0 Å². The number of rotatable bonds is 7. The molecule has 0 aromatic heterocycles. The van der Waals surface area contributed by atoms with E-state index in [2.05, 4.69) is 11.4 Å². The van der Waals surface area contributed by atoms with Crippen molar-refractivity contribution in [3.63, 3.8) is 0 Å². The van der Waals surface area contributed by atoms with Crippen molar-refractivity contribution in [2.24, 2.45) is 5.92 Å². The molecule has 112 valence electrons. The number of halogens is 1. The molecular weight excluding hydrogens is 265 g/mol. The number of nitrogens with one attached hydrogen (secondary N) is 1. The van der Waals surface area contributed by atoms with Crippen LogP contribution in [0.2, 0.25) is 0 Å². The normalized spacial score (nSPS) is 12.1. The van der Waals surface area contributed by atoms with Crippen molar-refractivity contribution in [1.82, 2.24) is 5.32 Å². The van der Waals surface area contributed by atoms with Crippen molar-refractivity contribution in [2.75, 3.05) is 20.7 Å². The summed E-state index contributed by atoms with van der Waals surface area (Å²) in [5.74, 6) is 1.18. The maximum atomic E-state index is 13.0. The number of para-hydroxylation sites is 1. The molecule has 0 saturated heterocycles. The first kappa shape index (κ1) is 15.5. The minimum absolute atomic E-state index is 0.186. The molecule has 1 atom stereocenters. The molecule has 0 saturated carbocycles. The molecule has 2 aromatic rings. The van der Waals surface area contributed by atoms with Gasteiger partial charge in [-0.05, 0) is 61.7 Å². The van der Waals surface area contributed by atoms with Crippen molar-refractivity contribution < 1.29 is 9.13 Å². The van der Waals surface area contributed by atoms with Gasteiger partial charge in [0.15, 0.2) is 0 Å². The van der Waals surface area contributed by atoms with Gasteiger partial charge in [-0.1, -0.05) is 30.3 Å². The fraction of sp³-hybridized carbons (Fsp3) is 0.333. The zero-order valence-electron chi connectivity index (χ0n) is 12.6. The Kier molecular flexibility index (Phi) is 5.76. The highest BCUT2D eigenvalue weighted by atomic mass is 19.1. The maximum absolute atomic E-state index is 13.0. The minimum Gasteiger partial charge on any atom is -0.496 e. The first-order valence-electron chi connectivity index (χ1n) is 7.24. The van der Waals surface area contributed by atoms with Crippen LogP contribution in [0.25, 0.3) is 0 Å². The molecule has 0 aliphatic rings. The first-order chi connectivity index (χ1) is 10.2. The third kappa shape index (κ3) is 4.57. The predicted octanol–water partition coefficient (Wildman–Crippen LogP) is 3.46. The van der Waals surface area contributed by atoms with Crippen molar-refractivity contribution in [3.05, 3.63) is 65.5 Å². The average Bonchev–Trinajstić information content (AvgIpc) is 2.50. The molecule has 0 aliphatic carbocycles. The molecule has 2 rings (SSSR count). The van der Waals surface area contributed by atoms with Gasteiger partial charge in [0.05, 0.1) is 7.11 Å². The summed E-state index contributed by atoms with van der Waals surface area (Å²) in [5.41, 5.74) is 2.37. The van der Waals surface area contributed by atoms with Crippen LogP contribution in [0.3, 0.4) is 0 Å². The molecule has 0 radical (unpaired) electrons. The highest BCUT2D eigenvalue weighted by Gasteiger charge is 2.13. The lowest BCUT2D eigenvalue weighted by atomic mass is 9.92. The molecule has 2 aromatic carbocycles. The van der Waals surface area contributed by atoms with Gasteiger partial charge in [-0.25, -0.2) is 4.39 Å². The molecule has 0 aliphatic heterocycles. The van der Waals surface area contributed by atoms with Crippen LogP contribution in [0.5, 0.6) is 5.75 Å². The van der Waals surface area contributed by atoms with Crippen LogP contribution in [0.4, 0.5) is 4.39 Å². The zero-order chi connectivity index (χ0) is 15.1. The molecule has 2 nitrogen and oxygen atoms in total. The standard InChI is InChI=1S/C18H22FNO/c1-20-13-15(11-14-7-9-17(19)10-8-14)12-16-5-3-4-6-18(16)21-2/h3-10,15,20H,11-13H2,1-2H3. The molecule has 21 heavy (non-hydrogen) atoms. The van der Waals surface area contributed by atoms with E-state index in [1.807, 2.05) is 37.4 Å². The summed E-state index contributed by atoms with van der Waals surface area (Å²) in [6.45, 7) is 0.912. The van der Waals surface area contributed by atoms with Gasteiger partial charge in [0.1, 0.15) is 11.6 Å². The van der Waals surface area contributed by atoms with Crippen LogP contribution < -0.4 is 10.1 Å². The van der Waals surface area contributed by atoms with E-state index in [9.17, 15) is 4.39 Å². The van der Waals surface area contributed by atoms with Gasteiger partial charge < -0.3 is 10.1 Å². The first-order valence-corrected chi connectivity index (χ1v) is 7.24. The van der Waals surface area contributed by atoms with Crippen LogP contribution >= 0.6 is 0 Å². The monoisotopic (exact) mass is 287 g/mol. The summed E-state index contributed by atoms with van der Waals surface area (Å²) in [6, 6.07) is 14.9. The van der Waals surface area contributed by atoms with Crippen molar-refractivity contribution in [1.29, 1.82) is 0 Å². The second-order valence-electron chi connectivity index (χ2n) is 5.27. The third-order valence-corrected chi connectivity index (χ3v) is 3.63. The van der Waals surface area contributed by atoms with E-state index < -0.39 is 0 Å². The number of hydrogen-bond acceptors (Lipinski definition) is 2. The van der Waals surface area contributed by atoms with E-state index in [1.165, 1.54) is 17.7 Å². The van der Waals surface area contributed by atoms with Crippen LogP contribution in [0.1, 0.15) is 11.1 Å². The van der Waals surface area contributed by atoms with E-state index >= 15 is 0 Å². The zero-order valence-corrected chi connectivity index (χ0v) is 12.6. The van der Waals surface area contributed by atoms with Gasteiger partial charge in [-0.15, -0.1) is 0 Å². The third-order valence-electron chi connectivity index (χ3n) is 3.63. The summed E-state index contributed by atoms with van der Waals surface area (Å²) in [4.78, 5) is 0. The van der Waals surface area contributed by atoms with Gasteiger partial charge in [-0.2, -0.15) is 0 Å². The number of hydrogen-bond donors (Lipinski definition) is 1. The summed E-state index contributed by atoms with van der Waals surface area (Å²) in [5, 5.41) is 3.24. The lowest BCUT2D eigenvalue weighted by Gasteiger charge is -2.18. The molecule has 0 fully saturated rings. The van der Waals surface area contributed by atoms with Crippen LogP contribution in [0, 0.1) is 11.7 Å². The Hall–Kier alpha value is -1.87. The molecule has 0 heterocycles. The van der Waals surface area contributed by atoms with Gasteiger partial charge in [0.2, 0.25) is 0 Å². The Balaban J connectivity index is 2.09. The molecule has 1 N–H and O–H groups in total. The van der Waals surface area contributed by atoms with Crippen molar-refractivity contribution >= 4 is 0 Å². The highest BCUT2D eigenvalue weighted by Crippen LogP contribution is 2.22. The van der Waals surface area contributed by atoms with Gasteiger partial charge in [0, 0.05) is 0 Å². The number of ether oxygens (including phenoxy) is 1. The maximum Gasteiger partial charge on any atom is 0.123 e. The summed E-state index contributed by atoms with van der Waals surface area (Å²) < 4.78 is 18.4. The quantitative estimate of drug-likeness (QED) is 0.842. The van der Waals surface area contributed by atoms with Crippen LogP contribution in [-0.4, -0.2) is 20.7 Å². The van der Waals surface area contributed by atoms with Crippen LogP contribution in [0.15, 0.2) is 48.5 Å². The SMILES string of the molecule is CNCC(Cc1ccc(F)cc1)Cc1ccccc1OC. The smallest absolute Gasteiger partial charge is 0.123 e. The fourth-order valence-electron chi connectivity index (χ4n) is 2.64. The predicted molar refractivity (Wildman–Crippen MR) is 84.2 cm³/mol. The van der Waals surface area contributed by atoms with Crippen molar-refractivity contribution in [2.45, 2.75) is 12.8 Å². The Morgan fingerprint density at radius 1 is 1.05 bits per heavy atom. The Morgan fingerprint density at radius 3 is 2.43 bits per heavy atom. The minimum atomic E-state index is -0.186. The molecule has 0 amide bonds. The average molecular weight is 287 g/mol. The fourth-order valence-corrected chi connectivity index (χ4v) is 2.64. The second kappa shape index (κ2) is 7.79. The van der Waals surface area contributed by atoms with E-state index in [1.54, 1.807) is 7.11 Å². The van der Waals surface area contributed by atoms with E-state index in [0.717, 1.165) is 30.7 Å². The van der Waals surface area contributed by atoms with Crippen molar-refractivity contribution in [3.8, 4) is 5.75 Å². The molecule has 3 heteroatoms. The Labute approximate surface area is 126 Å². The van der Waals surface area contributed by atoms with Gasteiger partial charge in [-0.3, -0.25) is 0 Å².